The number of benzene rings is 2. The molecule has 116 valence electrons. The Balaban J connectivity index is 1.77. The highest BCUT2D eigenvalue weighted by atomic mass is 16.3. The Hall–Kier alpha value is -2.82. The fourth-order valence-electron chi connectivity index (χ4n) is 3.23. The monoisotopic (exact) mass is 306 g/mol. The number of phenols is 1. The summed E-state index contributed by atoms with van der Waals surface area (Å²) in [6, 6.07) is 16.1. The van der Waals surface area contributed by atoms with Crippen molar-refractivity contribution in [1.29, 1.82) is 0 Å². The van der Waals surface area contributed by atoms with Gasteiger partial charge in [-0.05, 0) is 25.0 Å². The fraction of sp³-hybridized carbons (Fsp3) is 0.222. The van der Waals surface area contributed by atoms with Crippen molar-refractivity contribution in [3.8, 4) is 5.75 Å². The second kappa shape index (κ2) is 5.43. The van der Waals surface area contributed by atoms with Crippen LogP contribution >= 0.6 is 0 Å². The molecule has 3 aromatic rings. The van der Waals surface area contributed by atoms with E-state index < -0.39 is 0 Å². The van der Waals surface area contributed by atoms with E-state index in [0.717, 1.165) is 23.5 Å². The average Bonchev–Trinajstić information content (AvgIpc) is 3.05. The molecule has 0 radical (unpaired) electrons. The predicted molar refractivity (Wildman–Crippen MR) is 88.4 cm³/mol. The van der Waals surface area contributed by atoms with Crippen molar-refractivity contribution < 1.29 is 5.11 Å². The SMILES string of the molecule is Cc1ccc(O)c([C@H]2C[C@H](c3ccccc3)n3ncnc3N2)c1. The van der Waals surface area contributed by atoms with Gasteiger partial charge in [0.1, 0.15) is 12.1 Å². The van der Waals surface area contributed by atoms with Crippen molar-refractivity contribution in [3.63, 3.8) is 0 Å². The summed E-state index contributed by atoms with van der Waals surface area (Å²) in [6.45, 7) is 2.03. The first kappa shape index (κ1) is 13.8. The predicted octanol–water partition coefficient (Wildman–Crippen LogP) is 3.44. The van der Waals surface area contributed by atoms with Gasteiger partial charge in [-0.25, -0.2) is 4.68 Å². The lowest BCUT2D eigenvalue weighted by atomic mass is 9.92. The molecule has 23 heavy (non-hydrogen) atoms. The molecule has 0 amide bonds. The summed E-state index contributed by atoms with van der Waals surface area (Å²) in [6.07, 6.45) is 2.37. The van der Waals surface area contributed by atoms with Crippen molar-refractivity contribution in [2.45, 2.75) is 25.4 Å². The van der Waals surface area contributed by atoms with Crippen LogP contribution < -0.4 is 5.32 Å². The summed E-state index contributed by atoms with van der Waals surface area (Å²) < 4.78 is 1.92. The zero-order valence-corrected chi connectivity index (χ0v) is 12.8. The highest BCUT2D eigenvalue weighted by molar-refractivity contribution is 5.44. The molecule has 4 rings (SSSR count). The normalized spacial score (nSPS) is 19.9. The van der Waals surface area contributed by atoms with Crippen LogP contribution in [0.1, 0.15) is 35.2 Å². The third-order valence-corrected chi connectivity index (χ3v) is 4.37. The number of rotatable bonds is 2. The molecule has 0 saturated carbocycles. The van der Waals surface area contributed by atoms with Gasteiger partial charge in [0.2, 0.25) is 5.95 Å². The molecule has 1 aliphatic rings. The largest absolute Gasteiger partial charge is 0.508 e. The van der Waals surface area contributed by atoms with Crippen LogP contribution in [0.2, 0.25) is 0 Å². The van der Waals surface area contributed by atoms with E-state index in [1.165, 1.54) is 5.56 Å². The maximum absolute atomic E-state index is 10.3. The smallest absolute Gasteiger partial charge is 0.222 e. The molecule has 0 fully saturated rings. The molecule has 2 aromatic carbocycles. The summed E-state index contributed by atoms with van der Waals surface area (Å²) in [5, 5.41) is 18.0. The first-order valence-electron chi connectivity index (χ1n) is 7.73. The quantitative estimate of drug-likeness (QED) is 0.761. The van der Waals surface area contributed by atoms with Gasteiger partial charge in [0, 0.05) is 5.56 Å². The topological polar surface area (TPSA) is 63.0 Å². The van der Waals surface area contributed by atoms with Crippen LogP contribution in [0, 0.1) is 6.92 Å². The van der Waals surface area contributed by atoms with E-state index in [-0.39, 0.29) is 12.1 Å². The first-order valence-corrected chi connectivity index (χ1v) is 7.73. The number of phenolic OH excluding ortho intramolecular Hbond substituents is 1. The van der Waals surface area contributed by atoms with E-state index in [4.69, 9.17) is 0 Å². The van der Waals surface area contributed by atoms with Gasteiger partial charge in [0.05, 0.1) is 12.1 Å². The van der Waals surface area contributed by atoms with Crippen LogP contribution in [0.5, 0.6) is 5.75 Å². The molecule has 1 aliphatic heterocycles. The second-order valence-corrected chi connectivity index (χ2v) is 5.95. The van der Waals surface area contributed by atoms with E-state index in [0.29, 0.717) is 5.75 Å². The Morgan fingerprint density at radius 1 is 1.17 bits per heavy atom. The molecule has 2 N–H and O–H groups in total. The minimum atomic E-state index is -0.00296. The third-order valence-electron chi connectivity index (χ3n) is 4.37. The number of aryl methyl sites for hydroxylation is 1. The van der Waals surface area contributed by atoms with E-state index in [1.807, 2.05) is 41.9 Å². The minimum Gasteiger partial charge on any atom is -0.508 e. The summed E-state index contributed by atoms with van der Waals surface area (Å²) in [4.78, 5) is 4.32. The lowest BCUT2D eigenvalue weighted by Crippen LogP contribution is -2.28. The molecule has 0 aliphatic carbocycles. The van der Waals surface area contributed by atoms with Gasteiger partial charge < -0.3 is 10.4 Å². The number of nitrogens with zero attached hydrogens (tertiary/aromatic N) is 3. The van der Waals surface area contributed by atoms with Gasteiger partial charge in [-0.2, -0.15) is 10.1 Å². The van der Waals surface area contributed by atoms with Gasteiger partial charge in [0.25, 0.3) is 0 Å². The number of hydrogen-bond acceptors (Lipinski definition) is 4. The van der Waals surface area contributed by atoms with E-state index in [9.17, 15) is 5.11 Å². The number of nitrogens with one attached hydrogen (secondary N) is 1. The molecule has 0 bridgehead atoms. The molecular weight excluding hydrogens is 288 g/mol. The van der Waals surface area contributed by atoms with Gasteiger partial charge in [-0.15, -0.1) is 0 Å². The molecule has 0 spiro atoms. The first-order chi connectivity index (χ1) is 11.2. The van der Waals surface area contributed by atoms with Gasteiger partial charge in [0.15, 0.2) is 0 Å². The van der Waals surface area contributed by atoms with Gasteiger partial charge in [-0.1, -0.05) is 48.0 Å². The van der Waals surface area contributed by atoms with Crippen LogP contribution in [0.25, 0.3) is 0 Å². The van der Waals surface area contributed by atoms with E-state index >= 15 is 0 Å². The molecular formula is C18H18N4O. The number of aromatic nitrogens is 3. The van der Waals surface area contributed by atoms with Crippen molar-refractivity contribution in [3.05, 3.63) is 71.5 Å². The van der Waals surface area contributed by atoms with Crippen molar-refractivity contribution in [2.75, 3.05) is 5.32 Å². The molecule has 1 aromatic heterocycles. The molecule has 0 unspecified atom stereocenters. The maximum atomic E-state index is 10.3. The average molecular weight is 306 g/mol. The highest BCUT2D eigenvalue weighted by Gasteiger charge is 2.30. The number of hydrogen-bond donors (Lipinski definition) is 2. The molecule has 0 saturated heterocycles. The zero-order valence-electron chi connectivity index (χ0n) is 12.8. The second-order valence-electron chi connectivity index (χ2n) is 5.95. The maximum Gasteiger partial charge on any atom is 0.222 e. The van der Waals surface area contributed by atoms with E-state index in [1.54, 1.807) is 12.4 Å². The molecule has 2 atom stereocenters. The van der Waals surface area contributed by atoms with Gasteiger partial charge in [-0.3, -0.25) is 0 Å². The molecule has 5 nitrogen and oxygen atoms in total. The summed E-state index contributed by atoms with van der Waals surface area (Å²) >= 11 is 0. The summed E-state index contributed by atoms with van der Waals surface area (Å²) in [5.74, 6) is 1.05. The Labute approximate surface area is 134 Å². The lowest BCUT2D eigenvalue weighted by molar-refractivity contribution is 0.413. The number of anilines is 1. The Bertz CT molecular complexity index is 828. The molecule has 5 heteroatoms. The lowest BCUT2D eigenvalue weighted by Gasteiger charge is -2.32. The minimum absolute atomic E-state index is 0.00296. The van der Waals surface area contributed by atoms with Crippen molar-refractivity contribution in [1.82, 2.24) is 14.8 Å². The van der Waals surface area contributed by atoms with Crippen LogP contribution in [0.4, 0.5) is 5.95 Å². The standard InChI is InChI=1S/C18H18N4O/c1-12-7-8-17(23)14(9-12)15-10-16(13-5-3-2-4-6-13)22-18(21-15)19-11-20-22/h2-9,11,15-16,23H,10H2,1H3,(H,19,20,21)/t15-,16-/m1/s1. The fourth-order valence-corrected chi connectivity index (χ4v) is 3.23. The van der Waals surface area contributed by atoms with Crippen LogP contribution in [0.3, 0.4) is 0 Å². The summed E-state index contributed by atoms with van der Waals surface area (Å²) in [5.41, 5.74) is 3.22. The van der Waals surface area contributed by atoms with Gasteiger partial charge >= 0.3 is 0 Å². The van der Waals surface area contributed by atoms with Crippen LogP contribution in [-0.2, 0) is 0 Å². The van der Waals surface area contributed by atoms with Crippen molar-refractivity contribution >= 4 is 5.95 Å². The van der Waals surface area contributed by atoms with Crippen LogP contribution in [-0.4, -0.2) is 19.9 Å². The Morgan fingerprint density at radius 2 is 2.00 bits per heavy atom. The third kappa shape index (κ3) is 2.44. The molecule has 2 heterocycles. The number of aromatic hydroxyl groups is 1. The van der Waals surface area contributed by atoms with Crippen LogP contribution in [0.15, 0.2) is 54.9 Å². The number of fused-ring (bicyclic) bond motifs is 1. The zero-order chi connectivity index (χ0) is 15.8. The summed E-state index contributed by atoms with van der Waals surface area (Å²) in [7, 11) is 0. The van der Waals surface area contributed by atoms with E-state index in [2.05, 4.69) is 27.5 Å². The highest BCUT2D eigenvalue weighted by Crippen LogP contribution is 2.39. The Morgan fingerprint density at radius 3 is 2.83 bits per heavy atom. The Kier molecular flexibility index (Phi) is 3.26. The van der Waals surface area contributed by atoms with Crippen molar-refractivity contribution in [2.24, 2.45) is 0 Å².